The number of imidazole rings is 1. The molecule has 0 spiro atoms. The van der Waals surface area contributed by atoms with Gasteiger partial charge in [0.15, 0.2) is 17.0 Å². The molecule has 2 aliphatic rings. The van der Waals surface area contributed by atoms with Gasteiger partial charge in [0.05, 0.1) is 17.7 Å². The Morgan fingerprint density at radius 3 is 2.59 bits per heavy atom. The Labute approximate surface area is 198 Å². The first kappa shape index (κ1) is 23.2. The third kappa shape index (κ3) is 4.29. The standard InChI is InChI=1S/C22H26ClFN6O.ClH/c1-15-25-21(29-11-9-28(8-7-24)10-12-29)19-22(26-15)30(16-6-13-31-14-16)20(27-19)17-4-2-3-5-18(17)23;/h2-5,16H,6-14H2,1H3;1H/t16-;/m1./s1. The van der Waals surface area contributed by atoms with Gasteiger partial charge < -0.3 is 14.2 Å². The zero-order valence-electron chi connectivity index (χ0n) is 18.0. The lowest BCUT2D eigenvalue weighted by atomic mass is 10.2. The SMILES string of the molecule is Cc1nc(N2CCN(CCF)CC2)c2nc(-c3ccccc3Cl)n([C@@H]3CCOC3)c2n1.Cl. The summed E-state index contributed by atoms with van der Waals surface area (Å²) in [6, 6.07) is 7.92. The summed E-state index contributed by atoms with van der Waals surface area (Å²) in [7, 11) is 0. The van der Waals surface area contributed by atoms with Gasteiger partial charge >= 0.3 is 0 Å². The molecule has 0 N–H and O–H groups in total. The predicted molar refractivity (Wildman–Crippen MR) is 127 cm³/mol. The summed E-state index contributed by atoms with van der Waals surface area (Å²) in [5.41, 5.74) is 2.48. The zero-order chi connectivity index (χ0) is 21.4. The van der Waals surface area contributed by atoms with Gasteiger partial charge in [0.2, 0.25) is 0 Å². The lowest BCUT2D eigenvalue weighted by molar-refractivity contribution is 0.187. The van der Waals surface area contributed by atoms with Crippen LogP contribution in [0.25, 0.3) is 22.6 Å². The highest BCUT2D eigenvalue weighted by Crippen LogP contribution is 2.36. The van der Waals surface area contributed by atoms with Gasteiger partial charge in [0, 0.05) is 44.9 Å². The van der Waals surface area contributed by atoms with Gasteiger partial charge in [-0.3, -0.25) is 4.90 Å². The fraction of sp³-hybridized carbons (Fsp3) is 0.500. The van der Waals surface area contributed by atoms with Gasteiger partial charge in [-0.2, -0.15) is 0 Å². The Morgan fingerprint density at radius 1 is 1.12 bits per heavy atom. The average molecular weight is 481 g/mol. The number of anilines is 1. The van der Waals surface area contributed by atoms with Crippen LogP contribution in [0.1, 0.15) is 18.3 Å². The van der Waals surface area contributed by atoms with Gasteiger partial charge in [0.1, 0.15) is 18.3 Å². The molecule has 2 fully saturated rings. The van der Waals surface area contributed by atoms with Crippen LogP contribution in [0.15, 0.2) is 24.3 Å². The second-order valence-electron chi connectivity index (χ2n) is 8.09. The summed E-state index contributed by atoms with van der Waals surface area (Å²) < 4.78 is 20.6. The van der Waals surface area contributed by atoms with Crippen LogP contribution >= 0.6 is 24.0 Å². The number of fused-ring (bicyclic) bond motifs is 1. The van der Waals surface area contributed by atoms with Crippen molar-refractivity contribution in [3.8, 4) is 11.4 Å². The molecule has 1 aromatic carbocycles. The first-order chi connectivity index (χ1) is 15.2. The molecule has 2 saturated heterocycles. The van der Waals surface area contributed by atoms with Crippen LogP contribution in [0.2, 0.25) is 5.02 Å². The minimum atomic E-state index is -0.314. The highest BCUT2D eigenvalue weighted by molar-refractivity contribution is 6.33. The Kier molecular flexibility index (Phi) is 7.14. The second-order valence-corrected chi connectivity index (χ2v) is 8.49. The monoisotopic (exact) mass is 480 g/mol. The quantitative estimate of drug-likeness (QED) is 0.551. The third-order valence-electron chi connectivity index (χ3n) is 6.09. The lowest BCUT2D eigenvalue weighted by Gasteiger charge is -2.35. The highest BCUT2D eigenvalue weighted by Gasteiger charge is 2.29. The molecule has 2 aromatic heterocycles. The number of hydrogen-bond acceptors (Lipinski definition) is 6. The number of halogens is 3. The van der Waals surface area contributed by atoms with E-state index in [0.717, 1.165) is 67.6 Å². The van der Waals surface area contributed by atoms with Crippen molar-refractivity contribution < 1.29 is 9.13 Å². The Morgan fingerprint density at radius 2 is 1.91 bits per heavy atom. The molecular weight excluding hydrogens is 454 g/mol. The molecule has 2 aliphatic heterocycles. The van der Waals surface area contributed by atoms with Crippen LogP contribution in [0, 0.1) is 6.92 Å². The van der Waals surface area contributed by atoms with E-state index < -0.39 is 0 Å². The molecular formula is C22H27Cl2FN6O. The van der Waals surface area contributed by atoms with E-state index in [9.17, 15) is 4.39 Å². The van der Waals surface area contributed by atoms with E-state index in [0.29, 0.717) is 24.0 Å². The van der Waals surface area contributed by atoms with Crippen LogP contribution in [-0.2, 0) is 4.74 Å². The molecule has 0 amide bonds. The van der Waals surface area contributed by atoms with Crippen molar-refractivity contribution in [2.45, 2.75) is 19.4 Å². The number of piperazine rings is 1. The van der Waals surface area contributed by atoms with E-state index in [1.54, 1.807) is 0 Å². The molecule has 7 nitrogen and oxygen atoms in total. The summed E-state index contributed by atoms with van der Waals surface area (Å²) in [6.45, 7) is 6.62. The lowest BCUT2D eigenvalue weighted by Crippen LogP contribution is -2.47. The van der Waals surface area contributed by atoms with Gasteiger partial charge in [-0.05, 0) is 25.5 Å². The summed E-state index contributed by atoms with van der Waals surface area (Å²) in [6.07, 6.45) is 0.906. The molecule has 3 aromatic rings. The van der Waals surface area contributed by atoms with Crippen LogP contribution < -0.4 is 4.90 Å². The molecule has 0 unspecified atom stereocenters. The van der Waals surface area contributed by atoms with Gasteiger partial charge in [-0.15, -0.1) is 12.4 Å². The molecule has 4 heterocycles. The van der Waals surface area contributed by atoms with Gasteiger partial charge in [-0.25, -0.2) is 19.3 Å². The maximum atomic E-state index is 12.7. The second kappa shape index (κ2) is 9.87. The molecule has 10 heteroatoms. The molecule has 1 atom stereocenters. The van der Waals surface area contributed by atoms with Crippen molar-refractivity contribution in [2.24, 2.45) is 0 Å². The zero-order valence-corrected chi connectivity index (χ0v) is 19.6. The molecule has 172 valence electrons. The average Bonchev–Trinajstić information content (AvgIpc) is 3.42. The number of aromatic nitrogens is 4. The highest BCUT2D eigenvalue weighted by atomic mass is 35.5. The van der Waals surface area contributed by atoms with E-state index in [2.05, 4.69) is 14.4 Å². The number of aryl methyl sites for hydroxylation is 1. The maximum absolute atomic E-state index is 12.7. The molecule has 0 radical (unpaired) electrons. The molecule has 0 aliphatic carbocycles. The predicted octanol–water partition coefficient (Wildman–Crippen LogP) is 3.93. The number of nitrogens with zero attached hydrogens (tertiary/aromatic N) is 6. The van der Waals surface area contributed by atoms with Crippen molar-refractivity contribution in [2.75, 3.05) is 57.5 Å². The van der Waals surface area contributed by atoms with Crippen molar-refractivity contribution in [3.63, 3.8) is 0 Å². The molecule has 32 heavy (non-hydrogen) atoms. The number of benzene rings is 1. The van der Waals surface area contributed by atoms with E-state index in [4.69, 9.17) is 31.3 Å². The molecule has 0 saturated carbocycles. The minimum absolute atomic E-state index is 0. The fourth-order valence-corrected chi connectivity index (χ4v) is 4.71. The van der Waals surface area contributed by atoms with Crippen LogP contribution in [0.4, 0.5) is 10.2 Å². The van der Waals surface area contributed by atoms with Crippen molar-refractivity contribution >= 4 is 41.0 Å². The Hall–Kier alpha value is -2.00. The number of hydrogen-bond donors (Lipinski definition) is 0. The van der Waals surface area contributed by atoms with Crippen LogP contribution in [0.3, 0.4) is 0 Å². The Bertz CT molecular complexity index is 1080. The topological polar surface area (TPSA) is 59.3 Å². The van der Waals surface area contributed by atoms with Gasteiger partial charge in [0.25, 0.3) is 0 Å². The number of rotatable bonds is 5. The summed E-state index contributed by atoms with van der Waals surface area (Å²) >= 11 is 6.56. The normalized spacial score (nSPS) is 19.5. The van der Waals surface area contributed by atoms with E-state index >= 15 is 0 Å². The van der Waals surface area contributed by atoms with Crippen molar-refractivity contribution in [1.29, 1.82) is 0 Å². The first-order valence-corrected chi connectivity index (χ1v) is 11.2. The maximum Gasteiger partial charge on any atom is 0.166 e. The summed E-state index contributed by atoms with van der Waals surface area (Å²) in [4.78, 5) is 19.0. The van der Waals surface area contributed by atoms with E-state index in [1.165, 1.54) is 0 Å². The summed E-state index contributed by atoms with van der Waals surface area (Å²) in [5.74, 6) is 2.35. The van der Waals surface area contributed by atoms with E-state index in [-0.39, 0.29) is 25.1 Å². The largest absolute Gasteiger partial charge is 0.379 e. The van der Waals surface area contributed by atoms with Crippen LogP contribution in [0.5, 0.6) is 0 Å². The van der Waals surface area contributed by atoms with Crippen molar-refractivity contribution in [1.82, 2.24) is 24.4 Å². The molecule has 0 bridgehead atoms. The fourth-order valence-electron chi connectivity index (χ4n) is 4.49. The van der Waals surface area contributed by atoms with Crippen molar-refractivity contribution in [3.05, 3.63) is 35.1 Å². The molecule has 5 rings (SSSR count). The Balaban J connectivity index is 0.00000245. The van der Waals surface area contributed by atoms with Crippen LogP contribution in [-0.4, -0.2) is 77.0 Å². The third-order valence-corrected chi connectivity index (χ3v) is 6.42. The number of ether oxygens (including phenoxy) is 1. The smallest absolute Gasteiger partial charge is 0.166 e. The summed E-state index contributed by atoms with van der Waals surface area (Å²) in [5, 5.41) is 0.657. The first-order valence-electron chi connectivity index (χ1n) is 10.8. The van der Waals surface area contributed by atoms with Gasteiger partial charge in [-0.1, -0.05) is 23.7 Å². The van der Waals surface area contributed by atoms with E-state index in [1.807, 2.05) is 31.2 Å². The minimum Gasteiger partial charge on any atom is -0.379 e. The number of alkyl halides is 1.